The summed E-state index contributed by atoms with van der Waals surface area (Å²) in [7, 11) is -3.59. The minimum Gasteiger partial charge on any atom is -0.212 e. The number of nitrogens with zero attached hydrogens (tertiary/aromatic N) is 1. The molecule has 3 rings (SSSR count). The van der Waals surface area contributed by atoms with Crippen LogP contribution in [0.25, 0.3) is 0 Å². The molecule has 24 heavy (non-hydrogen) atoms. The average molecular weight is 388 g/mol. The molecule has 1 aliphatic carbocycles. The molecule has 7 heteroatoms. The Bertz CT molecular complexity index is 853. The van der Waals surface area contributed by atoms with Gasteiger partial charge in [0.05, 0.1) is 15.8 Å². The fourth-order valence-electron chi connectivity index (χ4n) is 2.53. The van der Waals surface area contributed by atoms with Crippen LogP contribution in [-0.2, 0) is 22.3 Å². The van der Waals surface area contributed by atoms with Crippen LogP contribution in [0.15, 0.2) is 42.5 Å². The van der Waals surface area contributed by atoms with Gasteiger partial charge in [0.25, 0.3) is 0 Å². The molecule has 128 valence electrons. The van der Waals surface area contributed by atoms with E-state index in [4.69, 9.17) is 23.2 Å². The molecule has 0 radical (unpaired) electrons. The minimum atomic E-state index is -3.59. The predicted molar refractivity (Wildman–Crippen MR) is 94.1 cm³/mol. The van der Waals surface area contributed by atoms with Gasteiger partial charge in [0.15, 0.2) is 0 Å². The van der Waals surface area contributed by atoms with Crippen LogP contribution in [0.3, 0.4) is 0 Å². The molecule has 0 spiro atoms. The SMILES string of the molecule is O=S(=O)(Cc1ccc(Cl)c(Cl)c1)N(Cc1ccccc1F)C1CC1. The zero-order valence-corrected chi connectivity index (χ0v) is 15.1. The number of hydrogen-bond donors (Lipinski definition) is 0. The van der Waals surface area contributed by atoms with E-state index in [1.807, 2.05) is 0 Å². The summed E-state index contributed by atoms with van der Waals surface area (Å²) in [4.78, 5) is 0. The van der Waals surface area contributed by atoms with E-state index in [2.05, 4.69) is 0 Å². The van der Waals surface area contributed by atoms with Crippen molar-refractivity contribution in [3.05, 3.63) is 69.5 Å². The maximum atomic E-state index is 13.9. The highest BCUT2D eigenvalue weighted by atomic mass is 35.5. The van der Waals surface area contributed by atoms with E-state index in [1.54, 1.807) is 36.4 Å². The Morgan fingerprint density at radius 3 is 2.42 bits per heavy atom. The summed E-state index contributed by atoms with van der Waals surface area (Å²) in [6.07, 6.45) is 1.60. The number of halogens is 3. The van der Waals surface area contributed by atoms with Gasteiger partial charge in [-0.1, -0.05) is 47.5 Å². The minimum absolute atomic E-state index is 0.0427. The second kappa shape index (κ2) is 7.00. The van der Waals surface area contributed by atoms with Crippen LogP contribution in [0.1, 0.15) is 24.0 Å². The van der Waals surface area contributed by atoms with Crippen molar-refractivity contribution in [1.29, 1.82) is 0 Å². The third-order valence-electron chi connectivity index (χ3n) is 3.93. The second-order valence-electron chi connectivity index (χ2n) is 5.87. The van der Waals surface area contributed by atoms with Crippen molar-refractivity contribution in [3.8, 4) is 0 Å². The summed E-state index contributed by atoms with van der Waals surface area (Å²) >= 11 is 11.8. The van der Waals surface area contributed by atoms with Crippen LogP contribution >= 0.6 is 23.2 Å². The summed E-state index contributed by atoms with van der Waals surface area (Å²) in [5, 5.41) is 0.694. The lowest BCUT2D eigenvalue weighted by atomic mass is 10.2. The van der Waals surface area contributed by atoms with Crippen molar-refractivity contribution in [2.75, 3.05) is 0 Å². The van der Waals surface area contributed by atoms with Crippen molar-refractivity contribution in [2.24, 2.45) is 0 Å². The Balaban J connectivity index is 1.84. The molecular formula is C17H16Cl2FNO2S. The molecule has 0 aliphatic heterocycles. The lowest BCUT2D eigenvalue weighted by Crippen LogP contribution is -2.34. The molecule has 0 saturated heterocycles. The molecule has 0 amide bonds. The topological polar surface area (TPSA) is 37.4 Å². The molecule has 0 N–H and O–H groups in total. The van der Waals surface area contributed by atoms with Gasteiger partial charge in [0.2, 0.25) is 10.0 Å². The molecular weight excluding hydrogens is 372 g/mol. The smallest absolute Gasteiger partial charge is 0.212 e. The summed E-state index contributed by atoms with van der Waals surface area (Å²) in [5.74, 6) is -0.581. The van der Waals surface area contributed by atoms with E-state index in [9.17, 15) is 12.8 Å². The maximum Gasteiger partial charge on any atom is 0.218 e. The van der Waals surface area contributed by atoms with E-state index < -0.39 is 15.8 Å². The van der Waals surface area contributed by atoms with Gasteiger partial charge in [-0.2, -0.15) is 4.31 Å². The van der Waals surface area contributed by atoms with Crippen LogP contribution < -0.4 is 0 Å². The maximum absolute atomic E-state index is 13.9. The Labute approximate surface area is 151 Å². The lowest BCUT2D eigenvalue weighted by molar-refractivity contribution is 0.391. The summed E-state index contributed by atoms with van der Waals surface area (Å²) < 4.78 is 40.9. The van der Waals surface area contributed by atoms with Crippen LogP contribution in [-0.4, -0.2) is 18.8 Å². The number of benzene rings is 2. The van der Waals surface area contributed by atoms with E-state index in [0.717, 1.165) is 12.8 Å². The highest BCUT2D eigenvalue weighted by Gasteiger charge is 2.37. The van der Waals surface area contributed by atoms with E-state index in [1.165, 1.54) is 10.4 Å². The molecule has 3 nitrogen and oxygen atoms in total. The molecule has 1 saturated carbocycles. The van der Waals surface area contributed by atoms with Crippen molar-refractivity contribution in [3.63, 3.8) is 0 Å². The highest BCUT2D eigenvalue weighted by molar-refractivity contribution is 7.88. The molecule has 2 aromatic carbocycles. The molecule has 0 atom stereocenters. The molecule has 1 fully saturated rings. The molecule has 0 heterocycles. The Kier molecular flexibility index (Phi) is 5.16. The molecule has 0 bridgehead atoms. The molecule has 0 unspecified atom stereocenters. The van der Waals surface area contributed by atoms with Gasteiger partial charge in [-0.3, -0.25) is 0 Å². The highest BCUT2D eigenvalue weighted by Crippen LogP contribution is 2.33. The Morgan fingerprint density at radius 1 is 1.08 bits per heavy atom. The lowest BCUT2D eigenvalue weighted by Gasteiger charge is -2.22. The number of rotatable bonds is 6. The summed E-state index contributed by atoms with van der Waals surface area (Å²) in [5.41, 5.74) is 0.936. The number of sulfonamides is 1. The monoisotopic (exact) mass is 387 g/mol. The largest absolute Gasteiger partial charge is 0.218 e. The normalized spacial score (nSPS) is 15.0. The van der Waals surface area contributed by atoms with Gasteiger partial charge >= 0.3 is 0 Å². The average Bonchev–Trinajstić information content (AvgIpc) is 3.34. The van der Waals surface area contributed by atoms with Crippen LogP contribution in [0.2, 0.25) is 10.0 Å². The van der Waals surface area contributed by atoms with E-state index >= 15 is 0 Å². The van der Waals surface area contributed by atoms with E-state index in [-0.39, 0.29) is 18.3 Å². The number of hydrogen-bond acceptors (Lipinski definition) is 2. The first-order chi connectivity index (χ1) is 11.4. The quantitative estimate of drug-likeness (QED) is 0.724. The standard InChI is InChI=1S/C17H16Cl2FNO2S/c18-15-8-5-12(9-16(15)19)11-24(22,23)21(14-6-7-14)10-13-3-1-2-4-17(13)20/h1-5,8-9,14H,6-7,10-11H2. The summed E-state index contributed by atoms with van der Waals surface area (Å²) in [6.45, 7) is 0.0427. The Morgan fingerprint density at radius 2 is 1.79 bits per heavy atom. The molecule has 2 aromatic rings. The Hall–Kier alpha value is -1.14. The van der Waals surface area contributed by atoms with Gasteiger partial charge in [-0.05, 0) is 36.6 Å². The van der Waals surface area contributed by atoms with Gasteiger partial charge in [0, 0.05) is 18.2 Å². The fraction of sp³-hybridized carbons (Fsp3) is 0.294. The van der Waals surface area contributed by atoms with Crippen LogP contribution in [0.5, 0.6) is 0 Å². The van der Waals surface area contributed by atoms with Crippen molar-refractivity contribution >= 4 is 33.2 Å². The predicted octanol–water partition coefficient (Wildman–Crippen LogP) is 4.63. The van der Waals surface area contributed by atoms with Crippen molar-refractivity contribution in [2.45, 2.75) is 31.2 Å². The van der Waals surface area contributed by atoms with Crippen molar-refractivity contribution < 1.29 is 12.8 Å². The van der Waals surface area contributed by atoms with Crippen LogP contribution in [0.4, 0.5) is 4.39 Å². The first kappa shape index (κ1) is 17.7. The molecule has 0 aromatic heterocycles. The molecule has 1 aliphatic rings. The summed E-state index contributed by atoms with van der Waals surface area (Å²) in [6, 6.07) is 10.9. The van der Waals surface area contributed by atoms with Gasteiger partial charge < -0.3 is 0 Å². The van der Waals surface area contributed by atoms with Gasteiger partial charge in [0.1, 0.15) is 5.82 Å². The fourth-order valence-corrected chi connectivity index (χ4v) is 4.62. The third-order valence-corrected chi connectivity index (χ3v) is 6.51. The van der Waals surface area contributed by atoms with Gasteiger partial charge in [-0.25, -0.2) is 12.8 Å². The second-order valence-corrected chi connectivity index (χ2v) is 8.61. The zero-order chi connectivity index (χ0) is 17.3. The van der Waals surface area contributed by atoms with Gasteiger partial charge in [-0.15, -0.1) is 0 Å². The first-order valence-corrected chi connectivity index (χ1v) is 9.90. The third kappa shape index (κ3) is 4.09. The van der Waals surface area contributed by atoms with Crippen LogP contribution in [0, 0.1) is 5.82 Å². The van der Waals surface area contributed by atoms with Crippen molar-refractivity contribution in [1.82, 2.24) is 4.31 Å². The van der Waals surface area contributed by atoms with E-state index in [0.29, 0.717) is 21.2 Å². The first-order valence-electron chi connectivity index (χ1n) is 7.53. The zero-order valence-electron chi connectivity index (χ0n) is 12.8.